The number of benzene rings is 1. The average Bonchev–Trinajstić information content (AvgIpc) is 2.16. The third-order valence-electron chi connectivity index (χ3n) is 1.66. The molecule has 0 saturated heterocycles. The molecular weight excluding hydrogens is 157 g/mol. The van der Waals surface area contributed by atoms with Gasteiger partial charge in [-0.1, -0.05) is 24.3 Å². The van der Waals surface area contributed by atoms with Gasteiger partial charge in [0.1, 0.15) is 0 Å². The van der Waals surface area contributed by atoms with Gasteiger partial charge in [-0.15, -0.1) is 0 Å². The summed E-state index contributed by atoms with van der Waals surface area (Å²) in [5, 5.41) is 0. The number of carbonyl (C=O) groups is 1. The summed E-state index contributed by atoms with van der Waals surface area (Å²) >= 11 is 0. The van der Waals surface area contributed by atoms with Gasteiger partial charge >= 0.3 is 0 Å². The van der Waals surface area contributed by atoms with Gasteiger partial charge in [0.25, 0.3) is 0 Å². The van der Waals surface area contributed by atoms with Crippen LogP contribution in [0.1, 0.15) is 15.9 Å². The SMILES string of the molecule is NCc1ccccc1C(=O)CF. The minimum absolute atomic E-state index is 0.266. The van der Waals surface area contributed by atoms with Crippen molar-refractivity contribution in [2.45, 2.75) is 6.54 Å². The Balaban J connectivity index is 3.04. The molecule has 0 aliphatic rings. The van der Waals surface area contributed by atoms with Gasteiger partial charge in [0.05, 0.1) is 0 Å². The maximum Gasteiger partial charge on any atom is 0.194 e. The van der Waals surface area contributed by atoms with Crippen LogP contribution in [0.25, 0.3) is 0 Å². The lowest BCUT2D eigenvalue weighted by Gasteiger charge is -2.02. The van der Waals surface area contributed by atoms with E-state index in [1.807, 2.05) is 0 Å². The molecule has 12 heavy (non-hydrogen) atoms. The first-order valence-electron chi connectivity index (χ1n) is 3.66. The first-order chi connectivity index (χ1) is 5.79. The van der Waals surface area contributed by atoms with E-state index >= 15 is 0 Å². The summed E-state index contributed by atoms with van der Waals surface area (Å²) in [4.78, 5) is 11.0. The number of rotatable bonds is 3. The van der Waals surface area contributed by atoms with Gasteiger partial charge in [-0.2, -0.15) is 0 Å². The zero-order chi connectivity index (χ0) is 8.97. The van der Waals surface area contributed by atoms with Crippen LogP contribution in [-0.2, 0) is 6.54 Å². The van der Waals surface area contributed by atoms with Crippen molar-refractivity contribution in [3.05, 3.63) is 35.4 Å². The van der Waals surface area contributed by atoms with E-state index in [9.17, 15) is 9.18 Å². The van der Waals surface area contributed by atoms with E-state index in [-0.39, 0.29) is 6.54 Å². The fraction of sp³-hybridized carbons (Fsp3) is 0.222. The Hall–Kier alpha value is -1.22. The second kappa shape index (κ2) is 3.97. The molecule has 0 saturated carbocycles. The monoisotopic (exact) mass is 167 g/mol. The molecule has 0 spiro atoms. The first kappa shape index (κ1) is 8.87. The van der Waals surface area contributed by atoms with Gasteiger partial charge in [0.2, 0.25) is 0 Å². The van der Waals surface area contributed by atoms with Crippen molar-refractivity contribution in [2.75, 3.05) is 6.67 Å². The molecule has 0 aromatic heterocycles. The molecule has 2 N–H and O–H groups in total. The summed E-state index contributed by atoms with van der Waals surface area (Å²) in [6.07, 6.45) is 0. The topological polar surface area (TPSA) is 43.1 Å². The fourth-order valence-corrected chi connectivity index (χ4v) is 1.04. The molecule has 0 radical (unpaired) electrons. The number of Topliss-reactive ketones (excluding diaryl/α,β-unsaturated/α-hetero) is 1. The summed E-state index contributed by atoms with van der Waals surface area (Å²) in [6.45, 7) is -0.696. The molecule has 0 aliphatic heterocycles. The minimum Gasteiger partial charge on any atom is -0.326 e. The third kappa shape index (κ3) is 1.68. The van der Waals surface area contributed by atoms with Crippen LogP contribution in [0.2, 0.25) is 0 Å². The number of hydrogen-bond donors (Lipinski definition) is 1. The Morgan fingerprint density at radius 2 is 2.08 bits per heavy atom. The van der Waals surface area contributed by atoms with Crippen molar-refractivity contribution in [1.29, 1.82) is 0 Å². The van der Waals surface area contributed by atoms with Crippen LogP contribution in [-0.4, -0.2) is 12.5 Å². The Morgan fingerprint density at radius 1 is 1.42 bits per heavy atom. The van der Waals surface area contributed by atoms with Crippen LogP contribution >= 0.6 is 0 Å². The molecule has 1 aromatic rings. The van der Waals surface area contributed by atoms with Crippen molar-refractivity contribution in [3.63, 3.8) is 0 Å². The molecular formula is C9H10FNO. The molecule has 3 heteroatoms. The fourth-order valence-electron chi connectivity index (χ4n) is 1.04. The Morgan fingerprint density at radius 3 is 2.67 bits per heavy atom. The molecule has 0 fully saturated rings. The van der Waals surface area contributed by atoms with Crippen molar-refractivity contribution >= 4 is 5.78 Å². The Labute approximate surface area is 70.2 Å². The highest BCUT2D eigenvalue weighted by Gasteiger charge is 2.08. The molecule has 64 valence electrons. The highest BCUT2D eigenvalue weighted by Crippen LogP contribution is 2.08. The van der Waals surface area contributed by atoms with Crippen LogP contribution in [0.4, 0.5) is 4.39 Å². The predicted octanol–water partition coefficient (Wildman–Crippen LogP) is 1.30. The van der Waals surface area contributed by atoms with E-state index < -0.39 is 12.5 Å². The standard InChI is InChI=1S/C9H10FNO/c10-5-9(12)8-4-2-1-3-7(8)6-11/h1-4H,5-6,11H2. The van der Waals surface area contributed by atoms with Crippen LogP contribution in [0.15, 0.2) is 24.3 Å². The highest BCUT2D eigenvalue weighted by atomic mass is 19.1. The van der Waals surface area contributed by atoms with E-state index in [1.165, 1.54) is 0 Å². The summed E-state index contributed by atoms with van der Waals surface area (Å²) in [5.41, 5.74) is 6.45. The van der Waals surface area contributed by atoms with E-state index in [2.05, 4.69) is 0 Å². The zero-order valence-corrected chi connectivity index (χ0v) is 6.59. The summed E-state index contributed by atoms with van der Waals surface area (Å²) in [5.74, 6) is -0.504. The van der Waals surface area contributed by atoms with E-state index in [0.29, 0.717) is 11.1 Å². The van der Waals surface area contributed by atoms with E-state index in [0.717, 1.165) is 0 Å². The number of nitrogens with two attached hydrogens (primary N) is 1. The minimum atomic E-state index is -0.961. The van der Waals surface area contributed by atoms with E-state index in [4.69, 9.17) is 5.73 Å². The first-order valence-corrected chi connectivity index (χ1v) is 3.66. The molecule has 0 aliphatic carbocycles. The largest absolute Gasteiger partial charge is 0.326 e. The average molecular weight is 167 g/mol. The summed E-state index contributed by atoms with van der Waals surface area (Å²) in [7, 11) is 0. The normalized spacial score (nSPS) is 9.83. The number of hydrogen-bond acceptors (Lipinski definition) is 2. The second-order valence-electron chi connectivity index (χ2n) is 2.42. The zero-order valence-electron chi connectivity index (χ0n) is 6.59. The quantitative estimate of drug-likeness (QED) is 0.689. The number of alkyl halides is 1. The third-order valence-corrected chi connectivity index (χ3v) is 1.66. The summed E-state index contributed by atoms with van der Waals surface area (Å²) < 4.78 is 12.0. The van der Waals surface area contributed by atoms with Gasteiger partial charge in [-0.3, -0.25) is 4.79 Å². The highest BCUT2D eigenvalue weighted by molar-refractivity contribution is 5.98. The van der Waals surface area contributed by atoms with Gasteiger partial charge in [0.15, 0.2) is 12.5 Å². The van der Waals surface area contributed by atoms with Crippen LogP contribution < -0.4 is 5.73 Å². The van der Waals surface area contributed by atoms with Gasteiger partial charge in [-0.05, 0) is 5.56 Å². The molecule has 1 rings (SSSR count). The predicted molar refractivity (Wildman–Crippen MR) is 44.6 cm³/mol. The van der Waals surface area contributed by atoms with Crippen molar-refractivity contribution in [2.24, 2.45) is 5.73 Å². The second-order valence-corrected chi connectivity index (χ2v) is 2.42. The lowest BCUT2D eigenvalue weighted by molar-refractivity contribution is 0.0958. The lowest BCUT2D eigenvalue weighted by atomic mass is 10.0. The Bertz CT molecular complexity index is 286. The maximum atomic E-state index is 12.0. The van der Waals surface area contributed by atoms with Crippen molar-refractivity contribution in [3.8, 4) is 0 Å². The van der Waals surface area contributed by atoms with E-state index in [1.54, 1.807) is 24.3 Å². The van der Waals surface area contributed by atoms with Crippen molar-refractivity contribution < 1.29 is 9.18 Å². The van der Waals surface area contributed by atoms with Crippen LogP contribution in [0.5, 0.6) is 0 Å². The smallest absolute Gasteiger partial charge is 0.194 e. The number of halogens is 1. The molecule has 0 unspecified atom stereocenters. The number of ketones is 1. The molecule has 1 aromatic carbocycles. The lowest BCUT2D eigenvalue weighted by Crippen LogP contribution is -2.08. The van der Waals surface area contributed by atoms with Gasteiger partial charge < -0.3 is 5.73 Å². The molecule has 0 heterocycles. The molecule has 0 atom stereocenters. The van der Waals surface area contributed by atoms with Crippen LogP contribution in [0.3, 0.4) is 0 Å². The van der Waals surface area contributed by atoms with Crippen LogP contribution in [0, 0.1) is 0 Å². The molecule has 0 bridgehead atoms. The van der Waals surface area contributed by atoms with Crippen molar-refractivity contribution in [1.82, 2.24) is 0 Å². The Kier molecular flexibility index (Phi) is 2.94. The van der Waals surface area contributed by atoms with Gasteiger partial charge in [0, 0.05) is 12.1 Å². The molecule has 0 amide bonds. The summed E-state index contributed by atoms with van der Waals surface area (Å²) in [6, 6.07) is 6.78. The molecule has 2 nitrogen and oxygen atoms in total. The van der Waals surface area contributed by atoms with Gasteiger partial charge in [-0.25, -0.2) is 4.39 Å². The number of carbonyl (C=O) groups excluding carboxylic acids is 1. The maximum absolute atomic E-state index is 12.0.